The van der Waals surface area contributed by atoms with Gasteiger partial charge in [-0.2, -0.15) is 0 Å². The topological polar surface area (TPSA) is 66.8 Å². The number of carbonyl (C=O) groups is 1. The fraction of sp³-hybridized carbons (Fsp3) is 0.421. The Balaban J connectivity index is 1.71. The van der Waals surface area contributed by atoms with Gasteiger partial charge in [-0.25, -0.2) is 0 Å². The Morgan fingerprint density at radius 3 is 2.74 bits per heavy atom. The zero-order valence-electron chi connectivity index (χ0n) is 12.9. The van der Waals surface area contributed by atoms with Crippen LogP contribution < -0.4 is 0 Å². The summed E-state index contributed by atoms with van der Waals surface area (Å²) in [7, 11) is 0. The van der Waals surface area contributed by atoms with Crippen LogP contribution in [0.1, 0.15) is 18.4 Å². The van der Waals surface area contributed by atoms with Crippen LogP contribution in [0.15, 0.2) is 42.5 Å². The quantitative estimate of drug-likeness (QED) is 0.851. The molecule has 2 N–H and O–H groups in total. The van der Waals surface area contributed by atoms with Gasteiger partial charge in [0.1, 0.15) is 0 Å². The standard InChI is InChI=1S/C19H20O4/c20-12-18(22)9-16-10-23-17(21)19(16,11-18)8-13-5-6-14-3-1-2-4-15(14)7-13/h1-7,16,20,22H,8-12H2/t16?,18-,19?/m0/s1. The Labute approximate surface area is 134 Å². The average Bonchev–Trinajstić information content (AvgIpc) is 3.00. The number of carbonyl (C=O) groups excluding carboxylic acids is 1. The van der Waals surface area contributed by atoms with E-state index in [9.17, 15) is 15.0 Å². The predicted molar refractivity (Wildman–Crippen MR) is 85.8 cm³/mol. The third-order valence-electron chi connectivity index (χ3n) is 5.50. The second-order valence-electron chi connectivity index (χ2n) is 7.07. The average molecular weight is 312 g/mol. The van der Waals surface area contributed by atoms with Gasteiger partial charge < -0.3 is 14.9 Å². The van der Waals surface area contributed by atoms with E-state index < -0.39 is 11.0 Å². The maximum Gasteiger partial charge on any atom is 0.312 e. The molecular weight excluding hydrogens is 292 g/mol. The Morgan fingerprint density at radius 1 is 1.17 bits per heavy atom. The van der Waals surface area contributed by atoms with E-state index in [1.54, 1.807) is 0 Å². The van der Waals surface area contributed by atoms with Crippen molar-refractivity contribution in [3.8, 4) is 0 Å². The first-order chi connectivity index (χ1) is 11.0. The van der Waals surface area contributed by atoms with Crippen LogP contribution in [-0.2, 0) is 16.0 Å². The Morgan fingerprint density at radius 2 is 1.96 bits per heavy atom. The summed E-state index contributed by atoms with van der Waals surface area (Å²) in [4.78, 5) is 12.4. The zero-order valence-corrected chi connectivity index (χ0v) is 12.9. The number of fused-ring (bicyclic) bond motifs is 2. The lowest BCUT2D eigenvalue weighted by molar-refractivity contribution is -0.148. The zero-order chi connectivity index (χ0) is 16.1. The van der Waals surface area contributed by atoms with E-state index in [1.165, 1.54) is 0 Å². The lowest BCUT2D eigenvalue weighted by Gasteiger charge is -2.26. The Bertz CT molecular complexity index is 771. The van der Waals surface area contributed by atoms with E-state index >= 15 is 0 Å². The number of hydrogen-bond acceptors (Lipinski definition) is 4. The van der Waals surface area contributed by atoms with Crippen molar-refractivity contribution in [3.05, 3.63) is 48.0 Å². The molecule has 3 atom stereocenters. The van der Waals surface area contributed by atoms with Crippen molar-refractivity contribution in [2.24, 2.45) is 11.3 Å². The fourth-order valence-electron chi connectivity index (χ4n) is 4.35. The lowest BCUT2D eigenvalue weighted by atomic mass is 9.74. The summed E-state index contributed by atoms with van der Waals surface area (Å²) in [6.07, 6.45) is 1.24. The van der Waals surface area contributed by atoms with E-state index in [0.717, 1.165) is 16.3 Å². The van der Waals surface area contributed by atoms with Crippen molar-refractivity contribution in [3.63, 3.8) is 0 Å². The van der Waals surface area contributed by atoms with Crippen LogP contribution in [0, 0.1) is 11.3 Å². The molecule has 1 aliphatic heterocycles. The van der Waals surface area contributed by atoms with E-state index in [2.05, 4.69) is 24.3 Å². The van der Waals surface area contributed by atoms with Crippen molar-refractivity contribution in [1.29, 1.82) is 0 Å². The minimum absolute atomic E-state index is 0.0291. The van der Waals surface area contributed by atoms with Crippen molar-refractivity contribution < 1.29 is 19.7 Å². The van der Waals surface area contributed by atoms with Crippen LogP contribution in [0.2, 0.25) is 0 Å². The van der Waals surface area contributed by atoms with E-state index in [1.807, 2.05) is 18.2 Å². The number of cyclic esters (lactones) is 1. The highest BCUT2D eigenvalue weighted by atomic mass is 16.5. The van der Waals surface area contributed by atoms with Gasteiger partial charge in [-0.15, -0.1) is 0 Å². The van der Waals surface area contributed by atoms with Crippen LogP contribution in [0.4, 0.5) is 0 Å². The van der Waals surface area contributed by atoms with Gasteiger partial charge in [0.25, 0.3) is 0 Å². The van der Waals surface area contributed by atoms with Gasteiger partial charge >= 0.3 is 5.97 Å². The molecule has 2 fully saturated rings. The van der Waals surface area contributed by atoms with Crippen LogP contribution in [0.3, 0.4) is 0 Å². The number of hydrogen-bond donors (Lipinski definition) is 2. The van der Waals surface area contributed by atoms with Gasteiger partial charge in [-0.05, 0) is 35.6 Å². The molecule has 4 rings (SSSR count). The smallest absolute Gasteiger partial charge is 0.312 e. The van der Waals surface area contributed by atoms with E-state index in [-0.39, 0.29) is 24.9 Å². The first-order valence-corrected chi connectivity index (χ1v) is 8.03. The summed E-state index contributed by atoms with van der Waals surface area (Å²) in [6, 6.07) is 14.3. The third-order valence-corrected chi connectivity index (χ3v) is 5.50. The Kier molecular flexibility index (Phi) is 3.22. The van der Waals surface area contributed by atoms with Crippen molar-refractivity contribution in [2.45, 2.75) is 24.9 Å². The summed E-state index contributed by atoms with van der Waals surface area (Å²) >= 11 is 0. The third kappa shape index (κ3) is 2.25. The van der Waals surface area contributed by atoms with Gasteiger partial charge in [0, 0.05) is 5.92 Å². The number of aliphatic hydroxyl groups is 2. The van der Waals surface area contributed by atoms with Gasteiger partial charge in [0.2, 0.25) is 0 Å². The Hall–Kier alpha value is -1.91. The molecule has 1 saturated heterocycles. The molecule has 4 heteroatoms. The molecule has 120 valence electrons. The molecule has 23 heavy (non-hydrogen) atoms. The van der Waals surface area contributed by atoms with Gasteiger partial charge in [-0.1, -0.05) is 42.5 Å². The summed E-state index contributed by atoms with van der Waals surface area (Å²) < 4.78 is 5.29. The van der Waals surface area contributed by atoms with Crippen LogP contribution >= 0.6 is 0 Å². The van der Waals surface area contributed by atoms with Crippen molar-refractivity contribution in [1.82, 2.24) is 0 Å². The molecule has 0 spiro atoms. The highest BCUT2D eigenvalue weighted by molar-refractivity contribution is 5.84. The highest BCUT2D eigenvalue weighted by Gasteiger charge is 2.62. The fourth-order valence-corrected chi connectivity index (χ4v) is 4.35. The lowest BCUT2D eigenvalue weighted by Crippen LogP contribution is -2.36. The van der Waals surface area contributed by atoms with Gasteiger partial charge in [-0.3, -0.25) is 4.79 Å². The summed E-state index contributed by atoms with van der Waals surface area (Å²) in [6.45, 7) is 0.0327. The molecule has 2 aromatic carbocycles. The molecule has 1 heterocycles. The van der Waals surface area contributed by atoms with Gasteiger partial charge in [0.05, 0.1) is 24.2 Å². The van der Waals surface area contributed by atoms with Crippen LogP contribution in [0.5, 0.6) is 0 Å². The first-order valence-electron chi connectivity index (χ1n) is 8.03. The first kappa shape index (κ1) is 14.7. The van der Waals surface area contributed by atoms with E-state index in [0.29, 0.717) is 19.4 Å². The molecule has 0 bridgehead atoms. The minimum Gasteiger partial charge on any atom is -0.465 e. The van der Waals surface area contributed by atoms with Crippen molar-refractivity contribution >= 4 is 16.7 Å². The molecule has 0 amide bonds. The van der Waals surface area contributed by atoms with Crippen LogP contribution in [-0.4, -0.2) is 35.0 Å². The molecule has 0 aromatic heterocycles. The number of aliphatic hydroxyl groups excluding tert-OH is 1. The molecule has 1 aliphatic carbocycles. The molecule has 2 unspecified atom stereocenters. The highest BCUT2D eigenvalue weighted by Crippen LogP contribution is 2.54. The minimum atomic E-state index is -1.17. The predicted octanol–water partition coefficient (Wildman–Crippen LogP) is 2.06. The monoisotopic (exact) mass is 312 g/mol. The summed E-state index contributed by atoms with van der Waals surface area (Å²) in [5.41, 5.74) is -0.810. The number of benzene rings is 2. The molecule has 2 aromatic rings. The number of ether oxygens (including phenoxy) is 1. The molecule has 2 aliphatic rings. The maximum atomic E-state index is 12.4. The second-order valence-corrected chi connectivity index (χ2v) is 7.07. The molecule has 4 nitrogen and oxygen atoms in total. The SMILES string of the molecule is O=C1OCC2C[C@@](O)(CO)CC12Cc1ccc2ccccc2c1. The number of esters is 1. The number of rotatable bonds is 3. The second kappa shape index (κ2) is 5.05. The maximum absolute atomic E-state index is 12.4. The van der Waals surface area contributed by atoms with Gasteiger partial charge in [0.15, 0.2) is 0 Å². The molecule has 1 saturated carbocycles. The van der Waals surface area contributed by atoms with Crippen LogP contribution in [0.25, 0.3) is 10.8 Å². The largest absolute Gasteiger partial charge is 0.465 e. The van der Waals surface area contributed by atoms with Crippen molar-refractivity contribution in [2.75, 3.05) is 13.2 Å². The normalized spacial score (nSPS) is 33.0. The molecular formula is C19H20O4. The molecule has 0 radical (unpaired) electrons. The summed E-state index contributed by atoms with van der Waals surface area (Å²) in [5, 5.41) is 22.3. The summed E-state index contributed by atoms with van der Waals surface area (Å²) in [5.74, 6) is -0.265. The van der Waals surface area contributed by atoms with E-state index in [4.69, 9.17) is 4.74 Å².